The maximum Gasteiger partial charge on any atom is 0.201 e. The van der Waals surface area contributed by atoms with Crippen molar-refractivity contribution in [2.24, 2.45) is 4.99 Å². The van der Waals surface area contributed by atoms with Crippen molar-refractivity contribution >= 4 is 28.5 Å². The van der Waals surface area contributed by atoms with Crippen LogP contribution in [0.15, 0.2) is 47.2 Å². The van der Waals surface area contributed by atoms with Crippen LogP contribution >= 0.6 is 0 Å². The zero-order valence-corrected chi connectivity index (χ0v) is 17.8. The summed E-state index contributed by atoms with van der Waals surface area (Å²) in [6.45, 7) is 9.34. The van der Waals surface area contributed by atoms with E-state index in [2.05, 4.69) is 62.1 Å². The van der Waals surface area contributed by atoms with Gasteiger partial charge >= 0.3 is 0 Å². The Labute approximate surface area is 179 Å². The maximum atomic E-state index is 5.20. The number of hydrogen-bond donors (Lipinski definition) is 0. The van der Waals surface area contributed by atoms with Crippen molar-refractivity contribution in [2.45, 2.75) is 25.7 Å². The van der Waals surface area contributed by atoms with Crippen LogP contribution in [0.4, 0.5) is 5.69 Å². The summed E-state index contributed by atoms with van der Waals surface area (Å²) in [7, 11) is 0. The van der Waals surface area contributed by atoms with Gasteiger partial charge in [-0.1, -0.05) is 30.3 Å². The van der Waals surface area contributed by atoms with Gasteiger partial charge in [-0.2, -0.15) is 0 Å². The van der Waals surface area contributed by atoms with Gasteiger partial charge in [0.05, 0.1) is 5.69 Å². The molecule has 5 nitrogen and oxygen atoms in total. The van der Waals surface area contributed by atoms with Crippen LogP contribution in [0.3, 0.4) is 0 Å². The first kappa shape index (κ1) is 18.1. The molecule has 4 aliphatic heterocycles. The van der Waals surface area contributed by atoms with E-state index in [0.29, 0.717) is 0 Å². The predicted octanol–water partition coefficient (Wildman–Crippen LogP) is 3.95. The largest absolute Gasteiger partial charge is 0.358 e. The van der Waals surface area contributed by atoms with Gasteiger partial charge in [-0.15, -0.1) is 0 Å². The smallest absolute Gasteiger partial charge is 0.201 e. The summed E-state index contributed by atoms with van der Waals surface area (Å²) < 4.78 is 0. The minimum atomic E-state index is 1.10. The second-order valence-corrected chi connectivity index (χ2v) is 9.00. The summed E-state index contributed by atoms with van der Waals surface area (Å²) in [6, 6.07) is 13.3. The molecule has 5 heteroatoms. The van der Waals surface area contributed by atoms with E-state index >= 15 is 0 Å². The molecule has 0 atom stereocenters. The molecule has 6 rings (SSSR count). The van der Waals surface area contributed by atoms with Crippen molar-refractivity contribution in [2.75, 3.05) is 52.4 Å². The zero-order chi connectivity index (χ0) is 19.9. The van der Waals surface area contributed by atoms with Gasteiger partial charge in [0.25, 0.3) is 0 Å². The fourth-order valence-corrected chi connectivity index (χ4v) is 4.62. The number of nitrogens with zero attached hydrogens (tertiary/aromatic N) is 5. The standard InChI is InChI=1S/C25H31N5/c1-2-8-22-21(7-1)20(19-24(27-11-3-12-27)28-13-4-14-28)9-10-23(22)26-25(29-15-5-16-29)30-17-6-18-30/h1-2,7-10,19H,3-6,11-18H2. The average molecular weight is 402 g/mol. The summed E-state index contributed by atoms with van der Waals surface area (Å²) in [5.74, 6) is 2.60. The Morgan fingerprint density at radius 1 is 0.633 bits per heavy atom. The molecule has 4 aliphatic rings. The lowest BCUT2D eigenvalue weighted by atomic mass is 10.0. The molecule has 0 saturated carbocycles. The van der Waals surface area contributed by atoms with Crippen LogP contribution in [-0.4, -0.2) is 77.9 Å². The van der Waals surface area contributed by atoms with Crippen LogP contribution in [0.5, 0.6) is 0 Å². The normalized spacial score (nSPS) is 20.1. The van der Waals surface area contributed by atoms with Crippen molar-refractivity contribution in [3.8, 4) is 0 Å². The van der Waals surface area contributed by atoms with Crippen LogP contribution in [0.2, 0.25) is 0 Å². The highest BCUT2D eigenvalue weighted by atomic mass is 15.4. The lowest BCUT2D eigenvalue weighted by molar-refractivity contribution is 0.117. The van der Waals surface area contributed by atoms with Crippen LogP contribution in [0.25, 0.3) is 16.8 Å². The van der Waals surface area contributed by atoms with Gasteiger partial charge in [0.1, 0.15) is 5.82 Å². The Morgan fingerprint density at radius 2 is 1.17 bits per heavy atom. The monoisotopic (exact) mass is 401 g/mol. The van der Waals surface area contributed by atoms with Gasteiger partial charge < -0.3 is 19.6 Å². The molecule has 30 heavy (non-hydrogen) atoms. The third-order valence-electron chi connectivity index (χ3n) is 7.08. The van der Waals surface area contributed by atoms with E-state index in [1.54, 1.807) is 0 Å². The molecule has 2 aromatic carbocycles. The molecule has 4 heterocycles. The second kappa shape index (κ2) is 7.53. The Hall–Kier alpha value is -2.69. The molecule has 0 aromatic heterocycles. The summed E-state index contributed by atoms with van der Waals surface area (Å²) in [6.07, 6.45) is 7.62. The number of guanidine groups is 1. The minimum Gasteiger partial charge on any atom is -0.358 e. The number of fused-ring (bicyclic) bond motifs is 1. The second-order valence-electron chi connectivity index (χ2n) is 9.00. The molecule has 156 valence electrons. The molecule has 2 aromatic rings. The minimum absolute atomic E-state index is 1.10. The zero-order valence-electron chi connectivity index (χ0n) is 17.8. The molecular formula is C25H31N5. The number of benzene rings is 2. The molecule has 0 bridgehead atoms. The number of likely N-dealkylation sites (tertiary alicyclic amines) is 4. The van der Waals surface area contributed by atoms with Gasteiger partial charge in [0.2, 0.25) is 5.96 Å². The van der Waals surface area contributed by atoms with Crippen LogP contribution in [0.1, 0.15) is 31.2 Å². The van der Waals surface area contributed by atoms with Crippen molar-refractivity contribution < 1.29 is 0 Å². The molecular weight excluding hydrogens is 370 g/mol. The Bertz CT molecular complexity index is 881. The summed E-state index contributed by atoms with van der Waals surface area (Å²) in [4.78, 5) is 15.1. The Morgan fingerprint density at radius 3 is 1.67 bits per heavy atom. The van der Waals surface area contributed by atoms with E-state index in [4.69, 9.17) is 4.99 Å². The summed E-state index contributed by atoms with van der Waals surface area (Å²) in [5.41, 5.74) is 2.42. The van der Waals surface area contributed by atoms with E-state index in [1.165, 1.54) is 80.0 Å². The number of rotatable bonds is 4. The average Bonchev–Trinajstić information content (AvgIpc) is 2.57. The summed E-state index contributed by atoms with van der Waals surface area (Å²) >= 11 is 0. The molecule has 0 unspecified atom stereocenters. The number of aliphatic imine (C=N–C) groups is 1. The van der Waals surface area contributed by atoms with E-state index in [0.717, 1.165) is 31.9 Å². The van der Waals surface area contributed by atoms with Crippen molar-refractivity contribution in [1.29, 1.82) is 0 Å². The Balaban J connectivity index is 1.41. The third-order valence-corrected chi connectivity index (χ3v) is 7.08. The van der Waals surface area contributed by atoms with Crippen molar-refractivity contribution in [1.82, 2.24) is 19.6 Å². The van der Waals surface area contributed by atoms with Gasteiger partial charge in [0.15, 0.2) is 0 Å². The number of hydrogen-bond acceptors (Lipinski definition) is 3. The van der Waals surface area contributed by atoms with E-state index in [-0.39, 0.29) is 0 Å². The lowest BCUT2D eigenvalue weighted by Gasteiger charge is -2.45. The highest BCUT2D eigenvalue weighted by molar-refractivity contribution is 6.00. The van der Waals surface area contributed by atoms with Gasteiger partial charge in [-0.3, -0.25) is 0 Å². The van der Waals surface area contributed by atoms with Gasteiger partial charge in [0, 0.05) is 57.7 Å². The fourth-order valence-electron chi connectivity index (χ4n) is 4.62. The van der Waals surface area contributed by atoms with E-state index < -0.39 is 0 Å². The molecule has 0 aliphatic carbocycles. The maximum absolute atomic E-state index is 5.20. The molecule has 0 spiro atoms. The predicted molar refractivity (Wildman–Crippen MR) is 124 cm³/mol. The van der Waals surface area contributed by atoms with E-state index in [9.17, 15) is 0 Å². The van der Waals surface area contributed by atoms with Crippen molar-refractivity contribution in [3.05, 3.63) is 47.8 Å². The molecule has 4 saturated heterocycles. The highest BCUT2D eigenvalue weighted by Crippen LogP contribution is 2.33. The topological polar surface area (TPSA) is 25.3 Å². The van der Waals surface area contributed by atoms with Crippen molar-refractivity contribution in [3.63, 3.8) is 0 Å². The SMILES string of the molecule is C(=C(N1CCC1)N1CCC1)c1ccc(N=C(N2CCC2)N2CCC2)c2ccccc12. The van der Waals surface area contributed by atoms with Crippen LogP contribution < -0.4 is 0 Å². The van der Waals surface area contributed by atoms with Crippen LogP contribution in [0, 0.1) is 0 Å². The van der Waals surface area contributed by atoms with Gasteiger partial charge in [-0.25, -0.2) is 4.99 Å². The molecule has 0 N–H and O–H groups in total. The third kappa shape index (κ3) is 3.11. The molecule has 4 fully saturated rings. The summed E-state index contributed by atoms with van der Waals surface area (Å²) in [5, 5.41) is 2.57. The highest BCUT2D eigenvalue weighted by Gasteiger charge is 2.28. The quantitative estimate of drug-likeness (QED) is 0.572. The molecule has 0 radical (unpaired) electrons. The first-order valence-electron chi connectivity index (χ1n) is 11.7. The lowest BCUT2D eigenvalue weighted by Crippen LogP contribution is -2.54. The first-order valence-corrected chi connectivity index (χ1v) is 11.7. The Kier molecular flexibility index (Phi) is 4.55. The fraction of sp³-hybridized carbons (Fsp3) is 0.480. The molecule has 0 amide bonds. The van der Waals surface area contributed by atoms with E-state index in [1.807, 2.05) is 0 Å². The first-order chi connectivity index (χ1) is 14.9. The van der Waals surface area contributed by atoms with Gasteiger partial charge in [-0.05, 0) is 48.8 Å². The van der Waals surface area contributed by atoms with Crippen LogP contribution in [-0.2, 0) is 0 Å².